The van der Waals surface area contributed by atoms with Crippen LogP contribution in [0.1, 0.15) is 35.2 Å². The monoisotopic (exact) mass is 335 g/mol. The van der Waals surface area contributed by atoms with E-state index in [4.69, 9.17) is 0 Å². The van der Waals surface area contributed by atoms with Crippen molar-refractivity contribution in [3.05, 3.63) is 66.0 Å². The van der Waals surface area contributed by atoms with Crippen LogP contribution in [-0.4, -0.2) is 46.4 Å². The van der Waals surface area contributed by atoms with Crippen molar-refractivity contribution in [2.45, 2.75) is 31.8 Å². The van der Waals surface area contributed by atoms with Gasteiger partial charge in [-0.2, -0.15) is 0 Å². The molecule has 0 N–H and O–H groups in total. The highest BCUT2D eigenvalue weighted by Gasteiger charge is 2.37. The Labute approximate surface area is 149 Å². The normalized spacial score (nSPS) is 23.9. The minimum atomic E-state index is 0.154. The number of aromatic nitrogens is 1. The van der Waals surface area contributed by atoms with Crippen LogP contribution < -0.4 is 0 Å². The highest BCUT2D eigenvalue weighted by molar-refractivity contribution is 5.94. The Bertz CT molecular complexity index is 704. The molecule has 1 amide bonds. The summed E-state index contributed by atoms with van der Waals surface area (Å²) in [4.78, 5) is 21.4. The molecule has 2 saturated heterocycles. The van der Waals surface area contributed by atoms with Gasteiger partial charge in [0.25, 0.3) is 5.91 Å². The third kappa shape index (κ3) is 3.59. The van der Waals surface area contributed by atoms with E-state index in [0.717, 1.165) is 31.6 Å². The van der Waals surface area contributed by atoms with Gasteiger partial charge in [0.2, 0.25) is 0 Å². The third-order valence-electron chi connectivity index (χ3n) is 5.63. The van der Waals surface area contributed by atoms with Gasteiger partial charge in [0.15, 0.2) is 0 Å². The van der Waals surface area contributed by atoms with E-state index in [1.54, 1.807) is 12.4 Å². The lowest BCUT2D eigenvalue weighted by molar-refractivity contribution is 0.0175. The summed E-state index contributed by atoms with van der Waals surface area (Å²) < 4.78 is 0. The van der Waals surface area contributed by atoms with E-state index >= 15 is 0 Å². The second-order valence-corrected chi connectivity index (χ2v) is 7.20. The molecule has 2 aromatic rings. The second-order valence-electron chi connectivity index (χ2n) is 7.20. The molecule has 4 heteroatoms. The van der Waals surface area contributed by atoms with Crippen LogP contribution in [0.3, 0.4) is 0 Å². The quantitative estimate of drug-likeness (QED) is 0.864. The van der Waals surface area contributed by atoms with Gasteiger partial charge >= 0.3 is 0 Å². The average Bonchev–Trinajstić information content (AvgIpc) is 2.69. The molecule has 2 atom stereocenters. The molecule has 4 rings (SSSR count). The highest BCUT2D eigenvalue weighted by atomic mass is 16.2. The van der Waals surface area contributed by atoms with Gasteiger partial charge in [0.1, 0.15) is 0 Å². The molecule has 0 unspecified atom stereocenters. The second kappa shape index (κ2) is 7.36. The topological polar surface area (TPSA) is 36.4 Å². The standard InChI is InChI=1S/C21H25N3O/c25-21(18-8-11-22-12-9-18)24-14-10-20-19(16-24)7-4-13-23(20)15-17-5-2-1-3-6-17/h1-3,5-6,8-9,11-12,19-20H,4,7,10,13-16H2/t19-,20-/m1/s1. The van der Waals surface area contributed by atoms with Gasteiger partial charge in [-0.15, -0.1) is 0 Å². The number of amides is 1. The molecule has 1 aromatic heterocycles. The van der Waals surface area contributed by atoms with E-state index in [-0.39, 0.29) is 5.91 Å². The van der Waals surface area contributed by atoms with Crippen molar-refractivity contribution in [3.63, 3.8) is 0 Å². The van der Waals surface area contributed by atoms with Crippen LogP contribution >= 0.6 is 0 Å². The maximum Gasteiger partial charge on any atom is 0.253 e. The van der Waals surface area contributed by atoms with Crippen molar-refractivity contribution in [2.75, 3.05) is 19.6 Å². The first kappa shape index (κ1) is 16.3. The molecule has 2 aliphatic heterocycles. The van der Waals surface area contributed by atoms with Crippen LogP contribution in [0.4, 0.5) is 0 Å². The van der Waals surface area contributed by atoms with Crippen molar-refractivity contribution >= 4 is 5.91 Å². The van der Waals surface area contributed by atoms with Crippen molar-refractivity contribution in [2.24, 2.45) is 5.92 Å². The molecule has 0 radical (unpaired) electrons. The van der Waals surface area contributed by atoms with Crippen LogP contribution in [0, 0.1) is 5.92 Å². The molecule has 1 aromatic carbocycles. The lowest BCUT2D eigenvalue weighted by Gasteiger charge is -2.47. The van der Waals surface area contributed by atoms with E-state index in [2.05, 4.69) is 40.2 Å². The predicted octanol–water partition coefficient (Wildman–Crippen LogP) is 3.21. The van der Waals surface area contributed by atoms with Gasteiger partial charge in [-0.05, 0) is 49.4 Å². The van der Waals surface area contributed by atoms with Crippen molar-refractivity contribution in [1.29, 1.82) is 0 Å². The molecular formula is C21H25N3O. The SMILES string of the molecule is O=C(c1ccncc1)N1CC[C@@H]2[C@H](CCCN2Cc2ccccc2)C1. The van der Waals surface area contributed by atoms with Crippen molar-refractivity contribution in [1.82, 2.24) is 14.8 Å². The summed E-state index contributed by atoms with van der Waals surface area (Å²) in [6.07, 6.45) is 6.93. The van der Waals surface area contributed by atoms with Crippen LogP contribution in [0.25, 0.3) is 0 Å². The summed E-state index contributed by atoms with van der Waals surface area (Å²) in [5, 5.41) is 0. The molecule has 4 nitrogen and oxygen atoms in total. The number of likely N-dealkylation sites (tertiary alicyclic amines) is 2. The van der Waals surface area contributed by atoms with Gasteiger partial charge in [-0.25, -0.2) is 0 Å². The van der Waals surface area contributed by atoms with Crippen molar-refractivity contribution < 1.29 is 4.79 Å². The zero-order valence-corrected chi connectivity index (χ0v) is 14.6. The Morgan fingerprint density at radius 2 is 1.84 bits per heavy atom. The Balaban J connectivity index is 1.43. The summed E-state index contributed by atoms with van der Waals surface area (Å²) in [5.74, 6) is 0.748. The van der Waals surface area contributed by atoms with Crippen LogP contribution in [0.5, 0.6) is 0 Å². The third-order valence-corrected chi connectivity index (χ3v) is 5.63. The lowest BCUT2D eigenvalue weighted by atomic mass is 9.83. The number of piperidine rings is 2. The van der Waals surface area contributed by atoms with Gasteiger partial charge < -0.3 is 4.90 Å². The van der Waals surface area contributed by atoms with Gasteiger partial charge in [0, 0.05) is 43.6 Å². The van der Waals surface area contributed by atoms with E-state index in [1.807, 2.05) is 17.0 Å². The first-order chi connectivity index (χ1) is 12.3. The Morgan fingerprint density at radius 3 is 2.64 bits per heavy atom. The Morgan fingerprint density at radius 1 is 1.04 bits per heavy atom. The molecule has 0 spiro atoms. The van der Waals surface area contributed by atoms with Crippen LogP contribution in [-0.2, 0) is 6.54 Å². The van der Waals surface area contributed by atoms with Gasteiger partial charge in [-0.1, -0.05) is 30.3 Å². The summed E-state index contributed by atoms with van der Waals surface area (Å²) in [6.45, 7) is 3.94. The van der Waals surface area contributed by atoms with Gasteiger partial charge in [0.05, 0.1) is 0 Å². The fraction of sp³-hybridized carbons (Fsp3) is 0.429. The minimum absolute atomic E-state index is 0.154. The molecular weight excluding hydrogens is 310 g/mol. The number of fused-ring (bicyclic) bond motifs is 1. The molecule has 3 heterocycles. The Kier molecular flexibility index (Phi) is 4.79. The molecule has 0 bridgehead atoms. The molecule has 0 saturated carbocycles. The number of rotatable bonds is 3. The fourth-order valence-electron chi connectivity index (χ4n) is 4.38. The number of benzene rings is 1. The van der Waals surface area contributed by atoms with Crippen molar-refractivity contribution in [3.8, 4) is 0 Å². The molecule has 130 valence electrons. The molecule has 2 fully saturated rings. The number of pyridine rings is 1. The number of hydrogen-bond donors (Lipinski definition) is 0. The molecule has 0 aliphatic carbocycles. The predicted molar refractivity (Wildman–Crippen MR) is 98.1 cm³/mol. The summed E-state index contributed by atoms with van der Waals surface area (Å²) in [7, 11) is 0. The number of carbonyl (C=O) groups excluding carboxylic acids is 1. The highest BCUT2D eigenvalue weighted by Crippen LogP contribution is 2.32. The number of hydrogen-bond acceptors (Lipinski definition) is 3. The zero-order chi connectivity index (χ0) is 17.1. The lowest BCUT2D eigenvalue weighted by Crippen LogP contribution is -2.54. The summed E-state index contributed by atoms with van der Waals surface area (Å²) in [5.41, 5.74) is 2.14. The summed E-state index contributed by atoms with van der Waals surface area (Å²) >= 11 is 0. The summed E-state index contributed by atoms with van der Waals surface area (Å²) in [6, 6.07) is 15.0. The minimum Gasteiger partial charge on any atom is -0.338 e. The molecule has 2 aliphatic rings. The Hall–Kier alpha value is -2.20. The smallest absolute Gasteiger partial charge is 0.253 e. The fourth-order valence-corrected chi connectivity index (χ4v) is 4.38. The van der Waals surface area contributed by atoms with Crippen LogP contribution in [0.2, 0.25) is 0 Å². The number of nitrogens with zero attached hydrogens (tertiary/aromatic N) is 3. The van der Waals surface area contributed by atoms with E-state index in [1.165, 1.54) is 24.9 Å². The maximum atomic E-state index is 12.7. The number of carbonyl (C=O) groups is 1. The van der Waals surface area contributed by atoms with Gasteiger partial charge in [-0.3, -0.25) is 14.7 Å². The maximum absolute atomic E-state index is 12.7. The average molecular weight is 335 g/mol. The molecule has 25 heavy (non-hydrogen) atoms. The first-order valence-electron chi connectivity index (χ1n) is 9.28. The largest absolute Gasteiger partial charge is 0.338 e. The zero-order valence-electron chi connectivity index (χ0n) is 14.6. The van der Waals surface area contributed by atoms with E-state index in [0.29, 0.717) is 12.0 Å². The van der Waals surface area contributed by atoms with Crippen LogP contribution in [0.15, 0.2) is 54.9 Å². The van der Waals surface area contributed by atoms with E-state index in [9.17, 15) is 4.79 Å². The first-order valence-corrected chi connectivity index (χ1v) is 9.28. The van der Waals surface area contributed by atoms with E-state index < -0.39 is 0 Å².